The summed E-state index contributed by atoms with van der Waals surface area (Å²) in [5, 5.41) is 13.1. The molecule has 0 saturated carbocycles. The quantitative estimate of drug-likeness (QED) is 0.167. The second-order valence-electron chi connectivity index (χ2n) is 10.1. The third-order valence-electron chi connectivity index (χ3n) is 8.16. The summed E-state index contributed by atoms with van der Waals surface area (Å²) in [5.41, 5.74) is 3.92. The fourth-order valence-electron chi connectivity index (χ4n) is 6.59. The van der Waals surface area contributed by atoms with Crippen molar-refractivity contribution < 1.29 is 0 Å². The van der Waals surface area contributed by atoms with Crippen LogP contribution in [0, 0.1) is 0 Å². The van der Waals surface area contributed by atoms with E-state index in [9.17, 15) is 0 Å². The summed E-state index contributed by atoms with van der Waals surface area (Å²) in [5.74, 6) is 0. The topological polar surface area (TPSA) is 4.41 Å². The molecule has 0 aliphatic rings. The number of fused-ring (bicyclic) bond motifs is 14. The zero-order valence-electron chi connectivity index (χ0n) is 20.5. The molecule has 0 aliphatic heterocycles. The van der Waals surface area contributed by atoms with E-state index in [-0.39, 0.29) is 14.5 Å². The average molecular weight is 547 g/mol. The van der Waals surface area contributed by atoms with E-state index in [1.165, 1.54) is 78.9 Å². The minimum absolute atomic E-state index is 0.253. The maximum absolute atomic E-state index is 2.60. The van der Waals surface area contributed by atoms with Crippen molar-refractivity contribution >= 4 is 93.4 Å². The van der Waals surface area contributed by atoms with Crippen molar-refractivity contribution in [3.63, 3.8) is 0 Å². The first-order valence-electron chi connectivity index (χ1n) is 13.0. The van der Waals surface area contributed by atoms with Crippen LogP contribution in [0.15, 0.2) is 127 Å². The number of aromatic nitrogens is 1. The van der Waals surface area contributed by atoms with Gasteiger partial charge in [0.2, 0.25) is 0 Å². The summed E-state index contributed by atoms with van der Waals surface area (Å²) < 4.78 is 5.57. The van der Waals surface area contributed by atoms with E-state index >= 15 is 0 Å². The standard InChI is InChI=1S/C36H21NSe/c1-3-12-24-22(10-1)23-11-2-4-13-25(23)28-16-9-17-29-30-20-21-31-27-15-6-8-19-33(27)38-36(31)35(30)37(34(28)29)32-18-7-5-14-26(24)32/h1-21H. The summed E-state index contributed by atoms with van der Waals surface area (Å²) >= 11 is 0.253. The van der Waals surface area contributed by atoms with Gasteiger partial charge in [0.05, 0.1) is 0 Å². The number of para-hydroxylation sites is 2. The van der Waals surface area contributed by atoms with E-state index in [0.29, 0.717) is 0 Å². The minimum atomic E-state index is 0.253. The summed E-state index contributed by atoms with van der Waals surface area (Å²) in [6.45, 7) is 0. The number of nitrogens with zero attached hydrogens (tertiary/aromatic N) is 1. The second-order valence-corrected chi connectivity index (χ2v) is 12.3. The van der Waals surface area contributed by atoms with Gasteiger partial charge in [0, 0.05) is 0 Å². The summed E-state index contributed by atoms with van der Waals surface area (Å²) in [7, 11) is 0. The molecule has 0 bridgehead atoms. The third-order valence-corrected chi connectivity index (χ3v) is 10.7. The van der Waals surface area contributed by atoms with Crippen LogP contribution in [0.1, 0.15) is 0 Å². The van der Waals surface area contributed by atoms with Gasteiger partial charge in [0.15, 0.2) is 0 Å². The molecule has 9 aromatic rings. The second kappa shape index (κ2) is 7.58. The van der Waals surface area contributed by atoms with Crippen molar-refractivity contribution in [1.29, 1.82) is 0 Å². The van der Waals surface area contributed by atoms with Crippen LogP contribution >= 0.6 is 0 Å². The van der Waals surface area contributed by atoms with Crippen LogP contribution in [0.25, 0.3) is 78.9 Å². The van der Waals surface area contributed by atoms with Crippen LogP contribution in [-0.2, 0) is 0 Å². The molecular weight excluding hydrogens is 525 g/mol. The van der Waals surface area contributed by atoms with Crippen molar-refractivity contribution in [2.45, 2.75) is 0 Å². The molecular formula is C36H21NSe. The Morgan fingerprint density at radius 1 is 0.342 bits per heavy atom. The molecule has 0 spiro atoms. The van der Waals surface area contributed by atoms with E-state index in [0.717, 1.165) is 0 Å². The van der Waals surface area contributed by atoms with Gasteiger partial charge in [-0.05, 0) is 0 Å². The van der Waals surface area contributed by atoms with Crippen LogP contribution < -0.4 is 0 Å². The van der Waals surface area contributed by atoms with Crippen molar-refractivity contribution in [2.75, 3.05) is 0 Å². The van der Waals surface area contributed by atoms with Crippen LogP contribution in [0.5, 0.6) is 0 Å². The summed E-state index contributed by atoms with van der Waals surface area (Å²) in [6, 6.07) is 47.4. The van der Waals surface area contributed by atoms with Crippen LogP contribution in [-0.4, -0.2) is 18.9 Å². The van der Waals surface area contributed by atoms with Crippen molar-refractivity contribution in [1.82, 2.24) is 4.40 Å². The number of benzene rings is 6. The normalized spacial score (nSPS) is 12.2. The summed E-state index contributed by atoms with van der Waals surface area (Å²) in [6.07, 6.45) is 0. The fourth-order valence-corrected chi connectivity index (χ4v) is 9.19. The molecule has 0 N–H and O–H groups in total. The molecule has 0 atom stereocenters. The molecule has 0 unspecified atom stereocenters. The van der Waals surface area contributed by atoms with Crippen LogP contribution in [0.2, 0.25) is 0 Å². The summed E-state index contributed by atoms with van der Waals surface area (Å²) in [4.78, 5) is 0. The molecule has 1 nitrogen and oxygen atoms in total. The maximum atomic E-state index is 2.60. The Morgan fingerprint density at radius 2 is 0.816 bits per heavy atom. The zero-order valence-corrected chi connectivity index (χ0v) is 22.2. The van der Waals surface area contributed by atoms with E-state index in [1.54, 1.807) is 0 Å². The van der Waals surface area contributed by atoms with E-state index in [1.807, 2.05) is 0 Å². The monoisotopic (exact) mass is 547 g/mol. The SMILES string of the molecule is c1ccc2c(c1)[se]c1c2ccc2c3cccc4c5ccccc5c5ccccc5c5ccccc5n(c43)c21. The van der Waals surface area contributed by atoms with E-state index in [2.05, 4.69) is 132 Å². The fraction of sp³-hybridized carbons (Fsp3) is 0. The molecule has 9 rings (SSSR count). The number of hydrogen-bond acceptors (Lipinski definition) is 0. The average Bonchev–Trinajstić information content (AvgIpc) is 3.54. The predicted octanol–water partition coefficient (Wildman–Crippen LogP) is 9.63. The Labute approximate surface area is 224 Å². The van der Waals surface area contributed by atoms with Crippen LogP contribution in [0.3, 0.4) is 0 Å². The van der Waals surface area contributed by atoms with Crippen molar-refractivity contribution in [3.05, 3.63) is 127 Å². The molecule has 0 aliphatic carbocycles. The van der Waals surface area contributed by atoms with Crippen molar-refractivity contribution in [3.8, 4) is 0 Å². The Kier molecular flexibility index (Phi) is 4.12. The van der Waals surface area contributed by atoms with Gasteiger partial charge in [-0.1, -0.05) is 0 Å². The Bertz CT molecular complexity index is 2460. The Morgan fingerprint density at radius 3 is 1.55 bits per heavy atom. The molecule has 3 heterocycles. The molecule has 0 saturated heterocycles. The van der Waals surface area contributed by atoms with Crippen molar-refractivity contribution in [2.24, 2.45) is 0 Å². The van der Waals surface area contributed by atoms with Gasteiger partial charge in [-0.2, -0.15) is 0 Å². The van der Waals surface area contributed by atoms with Gasteiger partial charge < -0.3 is 0 Å². The van der Waals surface area contributed by atoms with Gasteiger partial charge in [-0.15, -0.1) is 0 Å². The number of rotatable bonds is 0. The zero-order chi connectivity index (χ0) is 24.8. The van der Waals surface area contributed by atoms with Gasteiger partial charge in [0.25, 0.3) is 0 Å². The first kappa shape index (κ1) is 20.7. The third kappa shape index (κ3) is 2.61. The first-order valence-corrected chi connectivity index (χ1v) is 14.8. The Balaban J connectivity index is 1.75. The molecule has 0 amide bonds. The molecule has 38 heavy (non-hydrogen) atoms. The van der Waals surface area contributed by atoms with E-state index < -0.39 is 0 Å². The van der Waals surface area contributed by atoms with Gasteiger partial charge in [-0.25, -0.2) is 0 Å². The predicted molar refractivity (Wildman–Crippen MR) is 166 cm³/mol. The van der Waals surface area contributed by atoms with Crippen LogP contribution in [0.4, 0.5) is 0 Å². The first-order chi connectivity index (χ1) is 18.9. The molecule has 176 valence electrons. The van der Waals surface area contributed by atoms with Gasteiger partial charge in [0.1, 0.15) is 0 Å². The van der Waals surface area contributed by atoms with Gasteiger partial charge in [-0.3, -0.25) is 0 Å². The molecule has 0 fully saturated rings. The molecule has 3 aromatic heterocycles. The Hall–Kier alpha value is -4.36. The number of hydrogen-bond donors (Lipinski definition) is 0. The molecule has 0 radical (unpaired) electrons. The van der Waals surface area contributed by atoms with Gasteiger partial charge >= 0.3 is 225 Å². The van der Waals surface area contributed by atoms with E-state index in [4.69, 9.17) is 0 Å². The molecule has 6 aromatic carbocycles. The molecule has 2 heteroatoms.